The fraction of sp³-hybridized carbons (Fsp3) is 0.366. The Morgan fingerprint density at radius 1 is 0.792 bits per heavy atom. The number of nitrogens with two attached hydrogens (primary N) is 1. The first kappa shape index (κ1) is 39.4. The molecule has 2 aromatic heterocycles. The van der Waals surface area contributed by atoms with Crippen LogP contribution in [-0.2, 0) is 13.1 Å². The van der Waals surface area contributed by atoms with Crippen molar-refractivity contribution >= 4 is 46.5 Å². The van der Waals surface area contributed by atoms with E-state index in [4.69, 9.17) is 38.4 Å². The van der Waals surface area contributed by atoms with E-state index in [1.165, 1.54) is 0 Å². The van der Waals surface area contributed by atoms with E-state index in [9.17, 15) is 4.79 Å². The van der Waals surface area contributed by atoms with Crippen LogP contribution in [0.15, 0.2) is 77.8 Å². The molecule has 0 fully saturated rings. The molecule has 0 unspecified atom stereocenters. The molecule has 0 radical (unpaired) electrons. The van der Waals surface area contributed by atoms with E-state index >= 15 is 0 Å². The normalized spacial score (nSPS) is 12.5. The van der Waals surface area contributed by atoms with Gasteiger partial charge in [0.25, 0.3) is 5.91 Å². The van der Waals surface area contributed by atoms with Crippen LogP contribution < -0.4 is 20.5 Å². The molecule has 3 heterocycles. The molecule has 0 bridgehead atoms. The van der Waals surface area contributed by atoms with E-state index in [2.05, 4.69) is 48.2 Å². The zero-order chi connectivity index (χ0) is 38.1. The molecule has 0 atom stereocenters. The molecule has 280 valence electrons. The molecule has 6 rings (SSSR count). The van der Waals surface area contributed by atoms with Crippen molar-refractivity contribution in [2.24, 2.45) is 16.8 Å². The summed E-state index contributed by atoms with van der Waals surface area (Å²) < 4.78 is 15.5. The molecule has 12 heteroatoms. The number of amides is 1. The second-order valence-corrected chi connectivity index (χ2v) is 14.9. The van der Waals surface area contributed by atoms with Gasteiger partial charge in [0, 0.05) is 62.5 Å². The van der Waals surface area contributed by atoms with Gasteiger partial charge in [0.2, 0.25) is 0 Å². The van der Waals surface area contributed by atoms with Gasteiger partial charge in [-0.1, -0.05) is 63.0 Å². The number of aromatic nitrogens is 4. The summed E-state index contributed by atoms with van der Waals surface area (Å²) in [4.78, 5) is 17.3. The Morgan fingerprint density at radius 2 is 1.34 bits per heavy atom. The molecule has 5 aromatic rings. The number of hydrogen-bond donors (Lipinski definition) is 2. The first-order valence-corrected chi connectivity index (χ1v) is 18.7. The average molecular weight is 759 g/mol. The number of aliphatic imine (C=N–C) groups is 1. The molecule has 0 saturated heterocycles. The minimum Gasteiger partial charge on any atom is -0.493 e. The summed E-state index contributed by atoms with van der Waals surface area (Å²) in [5, 5.41) is 13.1. The quantitative estimate of drug-likeness (QED) is 0.124. The average Bonchev–Trinajstić information content (AvgIpc) is 3.85. The number of aryl methyl sites for hydroxylation is 2. The predicted octanol–water partition coefficient (Wildman–Crippen LogP) is 9.27. The molecule has 1 amide bonds. The van der Waals surface area contributed by atoms with Crippen LogP contribution in [0.5, 0.6) is 11.5 Å². The van der Waals surface area contributed by atoms with Gasteiger partial charge in [-0.05, 0) is 92.6 Å². The first-order valence-electron chi connectivity index (χ1n) is 18.0. The third-order valence-electron chi connectivity index (χ3n) is 8.41. The number of carbonyl (C=O) groups excluding carboxylic acids is 1. The van der Waals surface area contributed by atoms with E-state index in [1.54, 1.807) is 0 Å². The molecular weight excluding hydrogens is 709 g/mol. The lowest BCUT2D eigenvalue weighted by Gasteiger charge is -2.14. The maximum Gasteiger partial charge on any atom is 0.256 e. The number of halogens is 2. The standard InChI is InChI=1S/C26H29ClN4O2.C15H20ClN3O/c1-17(2)16-33-24-11-10-22(27)14-21(24)15-31-18(3)13-25(30-31)29-26(32)20-8-6-19(7-9-20)23-5-4-12-28-23;1-10(2)9-20-14-5-4-13(16)7-12(14)8-19-11(3)6-15(17)18-19/h6-11,13-14,17H,4-5,12,15-16H2,1-3H3,(H,29,30,32);4-7,10H,8-9H2,1-3H3,(H2,17,18). The van der Waals surface area contributed by atoms with Crippen LogP contribution in [0.1, 0.15) is 79.0 Å². The monoisotopic (exact) mass is 757 g/mol. The number of nitrogen functional groups attached to an aromatic ring is 1. The molecule has 53 heavy (non-hydrogen) atoms. The van der Waals surface area contributed by atoms with Crippen molar-refractivity contribution in [3.8, 4) is 11.5 Å². The van der Waals surface area contributed by atoms with Crippen LogP contribution in [-0.4, -0.2) is 50.9 Å². The molecule has 0 saturated carbocycles. The largest absolute Gasteiger partial charge is 0.493 e. The Bertz CT molecular complexity index is 2030. The smallest absolute Gasteiger partial charge is 0.256 e. The number of hydrogen-bond acceptors (Lipinski definition) is 7. The third-order valence-corrected chi connectivity index (χ3v) is 8.88. The second kappa shape index (κ2) is 18.3. The summed E-state index contributed by atoms with van der Waals surface area (Å²) in [6.45, 7) is 15.7. The highest BCUT2D eigenvalue weighted by Crippen LogP contribution is 2.27. The lowest BCUT2D eigenvalue weighted by molar-refractivity contribution is 0.102. The number of ether oxygens (including phenoxy) is 2. The topological polar surface area (TPSA) is 122 Å². The number of nitrogens with zero attached hydrogens (tertiary/aromatic N) is 5. The fourth-order valence-corrected chi connectivity index (χ4v) is 6.05. The number of rotatable bonds is 13. The Labute approximate surface area is 322 Å². The van der Waals surface area contributed by atoms with Crippen molar-refractivity contribution in [3.05, 3.63) is 116 Å². The summed E-state index contributed by atoms with van der Waals surface area (Å²) in [5.74, 6) is 3.37. The second-order valence-electron chi connectivity index (χ2n) is 14.1. The van der Waals surface area contributed by atoms with Crippen LogP contribution in [0.25, 0.3) is 0 Å². The van der Waals surface area contributed by atoms with Crippen molar-refractivity contribution in [2.75, 3.05) is 30.8 Å². The van der Waals surface area contributed by atoms with E-state index in [-0.39, 0.29) is 5.91 Å². The molecular formula is C41H49Cl2N7O3. The molecule has 3 aromatic carbocycles. The summed E-state index contributed by atoms with van der Waals surface area (Å²) in [5.41, 5.74) is 12.4. The zero-order valence-corrected chi connectivity index (χ0v) is 32.8. The third kappa shape index (κ3) is 11.3. The van der Waals surface area contributed by atoms with Gasteiger partial charge in [-0.25, -0.2) is 0 Å². The van der Waals surface area contributed by atoms with Crippen LogP contribution in [0, 0.1) is 25.7 Å². The van der Waals surface area contributed by atoms with Crippen molar-refractivity contribution in [1.29, 1.82) is 0 Å². The summed E-state index contributed by atoms with van der Waals surface area (Å²) in [7, 11) is 0. The fourth-order valence-electron chi connectivity index (χ4n) is 5.67. The molecule has 0 aliphatic carbocycles. The first-order chi connectivity index (χ1) is 25.3. The van der Waals surface area contributed by atoms with Crippen molar-refractivity contribution < 1.29 is 14.3 Å². The van der Waals surface area contributed by atoms with Gasteiger partial charge in [-0.2, -0.15) is 10.2 Å². The van der Waals surface area contributed by atoms with Gasteiger partial charge in [0.05, 0.1) is 26.3 Å². The summed E-state index contributed by atoms with van der Waals surface area (Å²) in [6, 6.07) is 22.6. The predicted molar refractivity (Wildman–Crippen MR) is 215 cm³/mol. The Hall–Kier alpha value is -4.80. The SMILES string of the molecule is Cc1cc(N)nn1Cc1cc(Cl)ccc1OCC(C)C.Cc1cc(NC(=O)c2ccc(C3=NCCC3)cc2)nn1Cc1cc(Cl)ccc1OCC(C)C. The number of carbonyl (C=O) groups is 1. The molecule has 10 nitrogen and oxygen atoms in total. The lowest BCUT2D eigenvalue weighted by atomic mass is 10.1. The zero-order valence-electron chi connectivity index (χ0n) is 31.3. The van der Waals surface area contributed by atoms with Crippen molar-refractivity contribution in [3.63, 3.8) is 0 Å². The Kier molecular flexibility index (Phi) is 13.6. The number of benzene rings is 3. The molecule has 3 N–H and O–H groups in total. The Morgan fingerprint density at radius 3 is 1.83 bits per heavy atom. The van der Waals surface area contributed by atoms with Crippen LogP contribution in [0.4, 0.5) is 11.6 Å². The minimum absolute atomic E-state index is 0.191. The van der Waals surface area contributed by atoms with E-state index in [0.29, 0.717) is 65.4 Å². The van der Waals surface area contributed by atoms with Crippen LogP contribution >= 0.6 is 23.2 Å². The van der Waals surface area contributed by atoms with Gasteiger partial charge in [-0.15, -0.1) is 0 Å². The van der Waals surface area contributed by atoms with E-state index in [1.807, 2.05) is 96.0 Å². The highest BCUT2D eigenvalue weighted by Gasteiger charge is 2.15. The van der Waals surface area contributed by atoms with E-state index in [0.717, 1.165) is 64.7 Å². The summed E-state index contributed by atoms with van der Waals surface area (Å²) in [6.07, 6.45) is 2.10. The van der Waals surface area contributed by atoms with Gasteiger partial charge in [-0.3, -0.25) is 19.2 Å². The minimum atomic E-state index is -0.191. The number of anilines is 2. The maximum absolute atomic E-state index is 12.7. The highest BCUT2D eigenvalue weighted by molar-refractivity contribution is 6.31. The number of nitrogens with one attached hydrogen (secondary N) is 1. The molecule has 0 spiro atoms. The van der Waals surface area contributed by atoms with Crippen LogP contribution in [0.3, 0.4) is 0 Å². The van der Waals surface area contributed by atoms with Gasteiger partial charge >= 0.3 is 0 Å². The Balaban J connectivity index is 0.000000231. The summed E-state index contributed by atoms with van der Waals surface area (Å²) >= 11 is 12.3. The lowest BCUT2D eigenvalue weighted by Crippen LogP contribution is -2.13. The molecule has 1 aliphatic rings. The highest BCUT2D eigenvalue weighted by atomic mass is 35.5. The van der Waals surface area contributed by atoms with Crippen molar-refractivity contribution in [2.45, 2.75) is 67.5 Å². The van der Waals surface area contributed by atoms with Crippen LogP contribution in [0.2, 0.25) is 10.0 Å². The van der Waals surface area contributed by atoms with E-state index < -0.39 is 0 Å². The maximum atomic E-state index is 12.7. The molecule has 1 aliphatic heterocycles. The van der Waals surface area contributed by atoms with Gasteiger partial charge in [0.15, 0.2) is 5.82 Å². The van der Waals surface area contributed by atoms with Crippen molar-refractivity contribution in [1.82, 2.24) is 19.6 Å². The van der Waals surface area contributed by atoms with Gasteiger partial charge < -0.3 is 20.5 Å². The van der Waals surface area contributed by atoms with Gasteiger partial charge in [0.1, 0.15) is 17.3 Å².